The molecule has 1 atom stereocenters. The molecule has 0 saturated heterocycles. The zero-order valence-corrected chi connectivity index (χ0v) is 8.79. The van der Waals surface area contributed by atoms with E-state index in [9.17, 15) is 13.6 Å². The molecule has 0 spiro atoms. The highest BCUT2D eigenvalue weighted by Crippen LogP contribution is 2.16. The van der Waals surface area contributed by atoms with Crippen molar-refractivity contribution in [1.29, 1.82) is 0 Å². The summed E-state index contributed by atoms with van der Waals surface area (Å²) in [5.74, 6) is -3.48. The lowest BCUT2D eigenvalue weighted by molar-refractivity contribution is -0.0108. The third-order valence-corrected chi connectivity index (χ3v) is 2.08. The van der Waals surface area contributed by atoms with Crippen LogP contribution < -0.4 is 5.32 Å². The lowest BCUT2D eigenvalue weighted by Crippen LogP contribution is -2.43. The molecular weight excluding hydrogens is 204 g/mol. The molecule has 0 aliphatic rings. The minimum atomic E-state index is -2.93. The molecule has 0 aliphatic carbocycles. The Labute approximate surface area is 86.3 Å². The Morgan fingerprint density at radius 3 is 2.67 bits per heavy atom. The Kier molecular flexibility index (Phi) is 3.06. The summed E-state index contributed by atoms with van der Waals surface area (Å²) >= 11 is 0. The molecule has 0 radical (unpaired) electrons. The van der Waals surface area contributed by atoms with Gasteiger partial charge >= 0.3 is 0 Å². The van der Waals surface area contributed by atoms with Gasteiger partial charge in [-0.3, -0.25) is 9.48 Å². The maximum Gasteiger partial charge on any atom is 0.264 e. The van der Waals surface area contributed by atoms with E-state index in [-0.39, 0.29) is 5.56 Å². The second-order valence-corrected chi connectivity index (χ2v) is 3.55. The first-order valence-electron chi connectivity index (χ1n) is 4.48. The van der Waals surface area contributed by atoms with Crippen LogP contribution in [0.3, 0.4) is 0 Å². The summed E-state index contributed by atoms with van der Waals surface area (Å²) in [5.41, 5.74) is 0.272. The Morgan fingerprint density at radius 2 is 2.27 bits per heavy atom. The molecule has 0 bridgehead atoms. The number of hydrogen-bond acceptors (Lipinski definition) is 2. The second-order valence-electron chi connectivity index (χ2n) is 3.55. The molecule has 1 rings (SSSR count). The van der Waals surface area contributed by atoms with Gasteiger partial charge in [0.05, 0.1) is 17.8 Å². The average molecular weight is 217 g/mol. The predicted octanol–water partition coefficient (Wildman–Crippen LogP) is 1.19. The van der Waals surface area contributed by atoms with Gasteiger partial charge in [-0.05, 0) is 6.92 Å². The fraction of sp³-hybridized carbons (Fsp3) is 0.556. The zero-order chi connectivity index (χ0) is 11.6. The highest BCUT2D eigenvalue weighted by Gasteiger charge is 2.31. The molecule has 0 aromatic carbocycles. The van der Waals surface area contributed by atoms with Gasteiger partial charge in [0.1, 0.15) is 0 Å². The summed E-state index contributed by atoms with van der Waals surface area (Å²) in [7, 11) is 1.65. The largest absolute Gasteiger partial charge is 0.343 e. The number of halogens is 2. The van der Waals surface area contributed by atoms with Crippen LogP contribution in [0.4, 0.5) is 8.78 Å². The van der Waals surface area contributed by atoms with E-state index in [4.69, 9.17) is 0 Å². The first-order chi connectivity index (χ1) is 6.80. The molecular formula is C9H13F2N3O. The van der Waals surface area contributed by atoms with E-state index in [0.29, 0.717) is 0 Å². The van der Waals surface area contributed by atoms with E-state index >= 15 is 0 Å². The van der Waals surface area contributed by atoms with Gasteiger partial charge in [-0.25, -0.2) is 8.78 Å². The first kappa shape index (κ1) is 11.6. The van der Waals surface area contributed by atoms with Gasteiger partial charge in [-0.1, -0.05) is 0 Å². The van der Waals surface area contributed by atoms with Gasteiger partial charge in [0.2, 0.25) is 0 Å². The fourth-order valence-electron chi connectivity index (χ4n) is 0.945. The van der Waals surface area contributed by atoms with Crippen molar-refractivity contribution in [2.75, 3.05) is 0 Å². The van der Waals surface area contributed by atoms with Crippen LogP contribution in [0.15, 0.2) is 12.4 Å². The number of alkyl halides is 2. The van der Waals surface area contributed by atoms with Crippen molar-refractivity contribution >= 4 is 5.91 Å². The van der Waals surface area contributed by atoms with Gasteiger partial charge in [0.25, 0.3) is 11.8 Å². The van der Waals surface area contributed by atoms with Gasteiger partial charge in [-0.15, -0.1) is 0 Å². The summed E-state index contributed by atoms with van der Waals surface area (Å²) < 4.78 is 27.0. The van der Waals surface area contributed by atoms with Crippen LogP contribution in [-0.4, -0.2) is 27.7 Å². The molecule has 1 amide bonds. The second kappa shape index (κ2) is 3.96. The number of nitrogens with one attached hydrogen (secondary N) is 1. The van der Waals surface area contributed by atoms with Crippen LogP contribution in [0.1, 0.15) is 24.2 Å². The molecule has 0 aliphatic heterocycles. The number of aryl methyl sites for hydroxylation is 1. The third-order valence-electron chi connectivity index (χ3n) is 2.08. The van der Waals surface area contributed by atoms with Crippen molar-refractivity contribution in [3.63, 3.8) is 0 Å². The topological polar surface area (TPSA) is 46.9 Å². The zero-order valence-electron chi connectivity index (χ0n) is 8.79. The van der Waals surface area contributed by atoms with E-state index < -0.39 is 17.9 Å². The summed E-state index contributed by atoms with van der Waals surface area (Å²) in [6.45, 7) is 2.02. The third kappa shape index (κ3) is 3.00. The van der Waals surface area contributed by atoms with Crippen LogP contribution in [0.2, 0.25) is 0 Å². The predicted molar refractivity (Wildman–Crippen MR) is 50.8 cm³/mol. The smallest absolute Gasteiger partial charge is 0.264 e. The van der Waals surface area contributed by atoms with E-state index in [1.165, 1.54) is 24.0 Å². The molecule has 1 aromatic rings. The van der Waals surface area contributed by atoms with Crippen LogP contribution in [0.25, 0.3) is 0 Å². The molecule has 4 nitrogen and oxygen atoms in total. The lowest BCUT2D eigenvalue weighted by Gasteiger charge is -2.20. The van der Waals surface area contributed by atoms with Crippen molar-refractivity contribution in [2.45, 2.75) is 25.8 Å². The Hall–Kier alpha value is -1.46. The maximum atomic E-state index is 12.8. The van der Waals surface area contributed by atoms with Crippen molar-refractivity contribution in [1.82, 2.24) is 15.1 Å². The van der Waals surface area contributed by atoms with Crippen LogP contribution in [0, 0.1) is 0 Å². The van der Waals surface area contributed by atoms with Crippen molar-refractivity contribution in [2.24, 2.45) is 7.05 Å². The fourth-order valence-corrected chi connectivity index (χ4v) is 0.945. The average Bonchev–Trinajstić information content (AvgIpc) is 2.50. The summed E-state index contributed by atoms with van der Waals surface area (Å²) in [5, 5.41) is 5.98. The molecule has 1 aromatic heterocycles. The van der Waals surface area contributed by atoms with E-state index in [1.54, 1.807) is 7.05 Å². The van der Waals surface area contributed by atoms with E-state index in [1.807, 2.05) is 0 Å². The minimum absolute atomic E-state index is 0.272. The van der Waals surface area contributed by atoms with Crippen LogP contribution in [-0.2, 0) is 7.05 Å². The van der Waals surface area contributed by atoms with Gasteiger partial charge < -0.3 is 5.32 Å². The number of nitrogens with zero attached hydrogens (tertiary/aromatic N) is 2. The SMILES string of the molecule is CC(NC(=O)c1cnn(C)c1)C(C)(F)F. The van der Waals surface area contributed by atoms with E-state index in [0.717, 1.165) is 6.92 Å². The summed E-state index contributed by atoms with van der Waals surface area (Å²) in [6.07, 6.45) is 2.80. The monoisotopic (exact) mass is 217 g/mol. The van der Waals surface area contributed by atoms with Gasteiger partial charge in [0.15, 0.2) is 0 Å². The molecule has 1 unspecified atom stereocenters. The summed E-state index contributed by atoms with van der Waals surface area (Å²) in [6, 6.07) is -1.20. The summed E-state index contributed by atoms with van der Waals surface area (Å²) in [4.78, 5) is 11.4. The lowest BCUT2D eigenvalue weighted by atomic mass is 10.2. The van der Waals surface area contributed by atoms with Crippen molar-refractivity contribution in [3.8, 4) is 0 Å². The Balaban J connectivity index is 2.64. The molecule has 0 saturated carbocycles. The molecule has 1 N–H and O–H groups in total. The molecule has 1 heterocycles. The van der Waals surface area contributed by atoms with Crippen LogP contribution in [0.5, 0.6) is 0 Å². The Morgan fingerprint density at radius 1 is 1.67 bits per heavy atom. The highest BCUT2D eigenvalue weighted by molar-refractivity contribution is 5.93. The highest BCUT2D eigenvalue weighted by atomic mass is 19.3. The Bertz CT molecular complexity index is 356. The standard InChI is InChI=1S/C9H13F2N3O/c1-6(9(2,10)11)13-8(15)7-4-12-14(3)5-7/h4-6H,1-3H3,(H,13,15). The maximum absolute atomic E-state index is 12.8. The van der Waals surface area contributed by atoms with Crippen molar-refractivity contribution < 1.29 is 13.6 Å². The van der Waals surface area contributed by atoms with E-state index in [2.05, 4.69) is 10.4 Å². The van der Waals surface area contributed by atoms with Crippen LogP contribution >= 0.6 is 0 Å². The van der Waals surface area contributed by atoms with Gasteiger partial charge in [0, 0.05) is 20.2 Å². The van der Waals surface area contributed by atoms with Crippen molar-refractivity contribution in [3.05, 3.63) is 18.0 Å². The number of hydrogen-bond donors (Lipinski definition) is 1. The number of aromatic nitrogens is 2. The van der Waals surface area contributed by atoms with Gasteiger partial charge in [-0.2, -0.15) is 5.10 Å². The molecule has 6 heteroatoms. The molecule has 84 valence electrons. The number of carbonyl (C=O) groups excluding carboxylic acids is 1. The quantitative estimate of drug-likeness (QED) is 0.826. The molecule has 0 fully saturated rings. The minimum Gasteiger partial charge on any atom is -0.343 e. The first-order valence-corrected chi connectivity index (χ1v) is 4.48. The number of carbonyl (C=O) groups is 1. The molecule has 15 heavy (non-hydrogen) atoms. The normalized spacial score (nSPS) is 13.7. The number of amides is 1. The number of rotatable bonds is 3.